The van der Waals surface area contributed by atoms with E-state index >= 15 is 0 Å². The van der Waals surface area contributed by atoms with Gasteiger partial charge in [-0.2, -0.15) is 25.3 Å². The minimum Gasteiger partial charge on any atom is -0.478 e. The predicted molar refractivity (Wildman–Crippen MR) is 136 cm³/mol. The summed E-state index contributed by atoms with van der Waals surface area (Å²) < 4.78 is 12.1. The van der Waals surface area contributed by atoms with Crippen LogP contribution in [0.15, 0.2) is 36.4 Å². The van der Waals surface area contributed by atoms with Crippen molar-refractivity contribution < 1.29 is 9.47 Å². The number of rotatable bonds is 6. The average molecular weight is 471 g/mol. The monoisotopic (exact) mass is 470 g/mol. The first kappa shape index (κ1) is 22.5. The zero-order valence-electron chi connectivity index (χ0n) is 18.8. The molecule has 2 aromatic carbocycles. The molecule has 1 aliphatic carbocycles. The van der Waals surface area contributed by atoms with Crippen molar-refractivity contribution in [2.45, 2.75) is 50.6 Å². The number of fused-ring (bicyclic) bond motifs is 2. The van der Waals surface area contributed by atoms with Gasteiger partial charge in [-0.15, -0.1) is 0 Å². The largest absolute Gasteiger partial charge is 0.478 e. The quantitative estimate of drug-likeness (QED) is 0.574. The van der Waals surface area contributed by atoms with E-state index in [1.807, 2.05) is 0 Å². The fourth-order valence-electron chi connectivity index (χ4n) is 5.65. The van der Waals surface area contributed by atoms with Gasteiger partial charge in [0.05, 0.1) is 0 Å². The van der Waals surface area contributed by atoms with Crippen molar-refractivity contribution >= 4 is 25.3 Å². The lowest BCUT2D eigenvalue weighted by molar-refractivity contribution is 0.102. The Balaban J connectivity index is 1.50. The molecule has 0 radical (unpaired) electrons. The van der Waals surface area contributed by atoms with Gasteiger partial charge >= 0.3 is 0 Å². The summed E-state index contributed by atoms with van der Waals surface area (Å²) in [5, 5.41) is 0. The molecule has 5 rings (SSSR count). The van der Waals surface area contributed by atoms with Crippen molar-refractivity contribution in [3.8, 4) is 11.5 Å². The van der Waals surface area contributed by atoms with Crippen molar-refractivity contribution in [3.63, 3.8) is 0 Å². The van der Waals surface area contributed by atoms with Crippen molar-refractivity contribution in [2.24, 2.45) is 0 Å². The Kier molecular flexibility index (Phi) is 6.93. The van der Waals surface area contributed by atoms with E-state index in [1.165, 1.54) is 54.4 Å². The second-order valence-electron chi connectivity index (χ2n) is 9.39. The molecule has 2 aromatic rings. The molecule has 172 valence electrons. The maximum atomic E-state index is 6.04. The second-order valence-corrected chi connectivity index (χ2v) is 10.3. The number of nitrogens with zero attached hydrogens (tertiary/aromatic N) is 2. The zero-order chi connectivity index (χ0) is 22.0. The number of benzene rings is 2. The van der Waals surface area contributed by atoms with E-state index in [0.717, 1.165) is 49.2 Å². The topological polar surface area (TPSA) is 24.9 Å². The first-order valence-corrected chi connectivity index (χ1v) is 13.2. The molecule has 4 nitrogen and oxygen atoms in total. The molecular formula is C26H34N2O2S2. The van der Waals surface area contributed by atoms with E-state index < -0.39 is 0 Å². The Hall–Kier alpha value is -1.34. The molecule has 0 spiro atoms. The summed E-state index contributed by atoms with van der Waals surface area (Å²) >= 11 is 8.82. The smallest absolute Gasteiger partial charge is 0.142 e. The molecule has 1 saturated carbocycles. The molecule has 0 unspecified atom stereocenters. The van der Waals surface area contributed by atoms with E-state index in [9.17, 15) is 0 Å². The third kappa shape index (κ3) is 4.39. The Morgan fingerprint density at radius 2 is 1.22 bits per heavy atom. The van der Waals surface area contributed by atoms with Crippen LogP contribution >= 0.6 is 25.3 Å². The highest BCUT2D eigenvalue weighted by atomic mass is 32.1. The Labute approximate surface area is 203 Å². The van der Waals surface area contributed by atoms with Gasteiger partial charge in [0, 0.05) is 54.2 Å². The van der Waals surface area contributed by atoms with Gasteiger partial charge in [0.1, 0.15) is 25.0 Å². The summed E-state index contributed by atoms with van der Waals surface area (Å²) in [6, 6.07) is 13.9. The number of hydrogen-bond donors (Lipinski definition) is 2. The lowest BCUT2D eigenvalue weighted by atomic mass is 9.65. The van der Waals surface area contributed by atoms with Crippen LogP contribution in [0.3, 0.4) is 0 Å². The van der Waals surface area contributed by atoms with E-state index in [4.69, 9.17) is 9.47 Å². The zero-order valence-corrected chi connectivity index (χ0v) is 20.6. The molecule has 1 fully saturated rings. The normalized spacial score (nSPS) is 20.7. The molecule has 0 bridgehead atoms. The molecule has 0 amide bonds. The first-order chi connectivity index (χ1) is 15.7. The third-order valence-corrected chi connectivity index (χ3v) is 7.76. The first-order valence-electron chi connectivity index (χ1n) is 11.9. The number of hydrogen-bond acceptors (Lipinski definition) is 6. The minimum absolute atomic E-state index is 0.0694. The summed E-state index contributed by atoms with van der Waals surface area (Å²) in [6.07, 6.45) is 6.28. The highest BCUT2D eigenvalue weighted by molar-refractivity contribution is 7.80. The van der Waals surface area contributed by atoms with Gasteiger partial charge in [0.2, 0.25) is 0 Å². The van der Waals surface area contributed by atoms with Crippen LogP contribution in [0.1, 0.15) is 54.4 Å². The average Bonchev–Trinajstić information content (AvgIpc) is 2.84. The molecule has 0 atom stereocenters. The lowest BCUT2D eigenvalue weighted by Gasteiger charge is -2.40. The summed E-state index contributed by atoms with van der Waals surface area (Å²) in [6.45, 7) is 5.10. The summed E-state index contributed by atoms with van der Waals surface area (Å²) in [7, 11) is 0. The fraction of sp³-hybridized carbons (Fsp3) is 0.538. The Morgan fingerprint density at radius 1 is 0.719 bits per heavy atom. The SMILES string of the molecule is SCCN1COc2ccc(C3(c4ccc5c(c4)CN(CCS)CO5)CCCCC3)cc2C1. The van der Waals surface area contributed by atoms with Gasteiger partial charge in [-0.25, -0.2) is 0 Å². The number of thiol groups is 2. The van der Waals surface area contributed by atoms with Gasteiger partial charge in [0.25, 0.3) is 0 Å². The number of ether oxygens (including phenoxy) is 2. The molecule has 3 aliphatic rings. The van der Waals surface area contributed by atoms with Crippen LogP contribution in [0.4, 0.5) is 0 Å². The minimum atomic E-state index is 0.0694. The van der Waals surface area contributed by atoms with Crippen LogP contribution in [0.25, 0.3) is 0 Å². The van der Waals surface area contributed by atoms with Crippen LogP contribution in [-0.4, -0.2) is 47.9 Å². The summed E-state index contributed by atoms with van der Waals surface area (Å²) in [5.41, 5.74) is 5.57. The van der Waals surface area contributed by atoms with Crippen LogP contribution < -0.4 is 9.47 Å². The molecule has 0 N–H and O–H groups in total. The van der Waals surface area contributed by atoms with Crippen LogP contribution in [-0.2, 0) is 18.5 Å². The fourth-order valence-corrected chi connectivity index (χ4v) is 6.21. The highest BCUT2D eigenvalue weighted by Gasteiger charge is 2.37. The van der Waals surface area contributed by atoms with E-state index in [1.54, 1.807) is 0 Å². The van der Waals surface area contributed by atoms with E-state index in [-0.39, 0.29) is 5.41 Å². The maximum absolute atomic E-state index is 6.04. The second kappa shape index (κ2) is 9.88. The van der Waals surface area contributed by atoms with Crippen molar-refractivity contribution in [2.75, 3.05) is 38.1 Å². The van der Waals surface area contributed by atoms with Crippen molar-refractivity contribution in [3.05, 3.63) is 58.7 Å². The van der Waals surface area contributed by atoms with E-state index in [0.29, 0.717) is 13.5 Å². The molecule has 2 aliphatic heterocycles. The predicted octanol–water partition coefficient (Wildman–Crippen LogP) is 5.10. The highest BCUT2D eigenvalue weighted by Crippen LogP contribution is 2.47. The Morgan fingerprint density at radius 3 is 1.69 bits per heavy atom. The van der Waals surface area contributed by atoms with Crippen molar-refractivity contribution in [1.29, 1.82) is 0 Å². The van der Waals surface area contributed by atoms with Gasteiger partial charge < -0.3 is 9.47 Å². The van der Waals surface area contributed by atoms with Gasteiger partial charge in [-0.05, 0) is 48.2 Å². The third-order valence-electron chi connectivity index (χ3n) is 7.36. The van der Waals surface area contributed by atoms with Gasteiger partial charge in [-0.3, -0.25) is 9.80 Å². The summed E-state index contributed by atoms with van der Waals surface area (Å²) in [5.74, 6) is 3.78. The molecule has 6 heteroatoms. The molecule has 2 heterocycles. The molecule has 0 saturated heterocycles. The Bertz CT molecular complexity index is 876. The lowest BCUT2D eigenvalue weighted by Crippen LogP contribution is -2.35. The van der Waals surface area contributed by atoms with Gasteiger partial charge in [0.15, 0.2) is 0 Å². The van der Waals surface area contributed by atoms with E-state index in [2.05, 4.69) is 71.5 Å². The standard InChI is InChI=1S/C26H34N2O2S2/c31-12-10-27-16-20-14-22(4-6-24(20)29-18-27)26(8-2-1-3-9-26)23-5-7-25-21(15-23)17-28(11-13-32)19-30-25/h4-7,14-15,31-32H,1-3,8-13,16-19H2. The molecule has 32 heavy (non-hydrogen) atoms. The molecular weight excluding hydrogens is 436 g/mol. The van der Waals surface area contributed by atoms with Gasteiger partial charge in [-0.1, -0.05) is 31.4 Å². The van der Waals surface area contributed by atoms with Crippen LogP contribution in [0, 0.1) is 0 Å². The van der Waals surface area contributed by atoms with Crippen LogP contribution in [0.5, 0.6) is 11.5 Å². The maximum Gasteiger partial charge on any atom is 0.142 e. The van der Waals surface area contributed by atoms with Crippen molar-refractivity contribution in [1.82, 2.24) is 9.80 Å². The molecule has 0 aromatic heterocycles. The van der Waals surface area contributed by atoms with Crippen LogP contribution in [0.2, 0.25) is 0 Å². The summed E-state index contributed by atoms with van der Waals surface area (Å²) in [4.78, 5) is 4.66.